The van der Waals surface area contributed by atoms with Crippen molar-refractivity contribution in [2.45, 2.75) is 33.2 Å². The molecular weight excluding hydrogens is 406 g/mol. The van der Waals surface area contributed by atoms with Crippen molar-refractivity contribution in [3.8, 4) is 5.75 Å². The fourth-order valence-electron chi connectivity index (χ4n) is 3.69. The lowest BCUT2D eigenvalue weighted by Gasteiger charge is -2.12. The van der Waals surface area contributed by atoms with Crippen molar-refractivity contribution in [1.29, 1.82) is 0 Å². The lowest BCUT2D eigenvalue weighted by atomic mass is 10.1. The zero-order valence-corrected chi connectivity index (χ0v) is 19.1. The molecule has 0 aliphatic carbocycles. The van der Waals surface area contributed by atoms with Gasteiger partial charge in [-0.3, -0.25) is 9.69 Å². The third-order valence-electron chi connectivity index (χ3n) is 5.63. The maximum absolute atomic E-state index is 13.1. The third-order valence-corrected chi connectivity index (χ3v) is 6.63. The van der Waals surface area contributed by atoms with Crippen LogP contribution in [-0.2, 0) is 4.79 Å². The Hall–Kier alpha value is -2.99. The smallest absolute Gasteiger partial charge is 0.266 e. The van der Waals surface area contributed by atoms with Crippen LogP contribution < -0.4 is 4.74 Å². The molecule has 0 bridgehead atoms. The van der Waals surface area contributed by atoms with Gasteiger partial charge in [0.1, 0.15) is 5.75 Å². The summed E-state index contributed by atoms with van der Waals surface area (Å²) in [4.78, 5) is 20.3. The van der Waals surface area contributed by atoms with Crippen LogP contribution in [0.5, 0.6) is 5.75 Å². The number of rotatable bonds is 6. The average molecular weight is 434 g/mol. The molecule has 1 atom stereocenters. The van der Waals surface area contributed by atoms with E-state index in [9.17, 15) is 4.79 Å². The second-order valence-electron chi connectivity index (χ2n) is 7.52. The summed E-state index contributed by atoms with van der Waals surface area (Å²) in [7, 11) is 1.64. The summed E-state index contributed by atoms with van der Waals surface area (Å²) < 4.78 is 7.52. The van der Waals surface area contributed by atoms with Gasteiger partial charge in [0.15, 0.2) is 5.17 Å². The van der Waals surface area contributed by atoms with E-state index in [2.05, 4.69) is 42.8 Å². The van der Waals surface area contributed by atoms with Crippen LogP contribution in [0.1, 0.15) is 38.8 Å². The van der Waals surface area contributed by atoms with Crippen molar-refractivity contribution in [2.75, 3.05) is 13.7 Å². The Kier molecular flexibility index (Phi) is 6.18. The van der Waals surface area contributed by atoms with Gasteiger partial charge in [-0.15, -0.1) is 0 Å². The van der Waals surface area contributed by atoms with E-state index in [1.807, 2.05) is 43.3 Å². The molecule has 1 aliphatic heterocycles. The van der Waals surface area contributed by atoms with Gasteiger partial charge in [0, 0.05) is 35.2 Å². The van der Waals surface area contributed by atoms with E-state index >= 15 is 0 Å². The summed E-state index contributed by atoms with van der Waals surface area (Å²) in [5.74, 6) is 0.782. The summed E-state index contributed by atoms with van der Waals surface area (Å²) in [5.41, 5.74) is 3.05. The van der Waals surface area contributed by atoms with Crippen molar-refractivity contribution in [3.05, 3.63) is 65.2 Å². The number of amides is 1. The minimum atomic E-state index is 0.000123. The van der Waals surface area contributed by atoms with Crippen LogP contribution in [0.3, 0.4) is 0 Å². The van der Waals surface area contributed by atoms with Crippen molar-refractivity contribution in [1.82, 2.24) is 9.47 Å². The van der Waals surface area contributed by atoms with Crippen molar-refractivity contribution in [2.24, 2.45) is 4.99 Å². The number of amidine groups is 1. The number of para-hydroxylation sites is 1. The van der Waals surface area contributed by atoms with Gasteiger partial charge in [0.25, 0.3) is 5.91 Å². The zero-order chi connectivity index (χ0) is 22.0. The first kappa shape index (κ1) is 21.2. The monoisotopic (exact) mass is 433 g/mol. The highest BCUT2D eigenvalue weighted by Crippen LogP contribution is 2.36. The van der Waals surface area contributed by atoms with E-state index in [1.165, 1.54) is 17.3 Å². The second-order valence-corrected chi connectivity index (χ2v) is 8.53. The van der Waals surface area contributed by atoms with Crippen molar-refractivity contribution in [3.63, 3.8) is 0 Å². The molecule has 1 aliphatic rings. The van der Waals surface area contributed by atoms with Crippen LogP contribution in [-0.4, -0.2) is 34.2 Å². The van der Waals surface area contributed by atoms with Gasteiger partial charge >= 0.3 is 0 Å². The number of hydrogen-bond acceptors (Lipinski definition) is 4. The Morgan fingerprint density at radius 1 is 1.13 bits per heavy atom. The van der Waals surface area contributed by atoms with Crippen LogP contribution in [0, 0.1) is 0 Å². The standard InChI is InChI=1S/C25H27N3O2S/c1-5-17(3)28-16-18(21-9-7-8-10-22(21)28)15-23-24(29)27(6-2)25(31-23)26-19-11-13-20(30-4)14-12-19/h7-17H,5-6H2,1-4H3/b23-15+,26-25?/t17-/m0/s1. The van der Waals surface area contributed by atoms with Crippen molar-refractivity contribution < 1.29 is 9.53 Å². The van der Waals surface area contributed by atoms with Gasteiger partial charge in [-0.05, 0) is 68.4 Å². The van der Waals surface area contributed by atoms with E-state index < -0.39 is 0 Å². The van der Waals surface area contributed by atoms with Gasteiger partial charge in [-0.1, -0.05) is 25.1 Å². The van der Waals surface area contributed by atoms with Gasteiger partial charge in [0.05, 0.1) is 17.7 Å². The summed E-state index contributed by atoms with van der Waals surface area (Å²) in [6.07, 6.45) is 5.21. The molecule has 0 N–H and O–H groups in total. The molecule has 2 heterocycles. The van der Waals surface area contributed by atoms with Gasteiger partial charge in [0.2, 0.25) is 0 Å². The maximum Gasteiger partial charge on any atom is 0.266 e. The van der Waals surface area contributed by atoms with Gasteiger partial charge in [-0.25, -0.2) is 4.99 Å². The fourth-order valence-corrected chi connectivity index (χ4v) is 4.74. The highest BCUT2D eigenvalue weighted by atomic mass is 32.2. The van der Waals surface area contributed by atoms with E-state index in [4.69, 9.17) is 9.73 Å². The molecule has 1 saturated heterocycles. The number of methoxy groups -OCH3 is 1. The molecule has 0 radical (unpaired) electrons. The molecule has 31 heavy (non-hydrogen) atoms. The number of aromatic nitrogens is 1. The summed E-state index contributed by atoms with van der Waals surface area (Å²) in [5, 5.41) is 1.86. The second kappa shape index (κ2) is 9.02. The highest BCUT2D eigenvalue weighted by molar-refractivity contribution is 8.18. The number of nitrogens with zero attached hydrogens (tertiary/aromatic N) is 3. The number of carbonyl (C=O) groups is 1. The lowest BCUT2D eigenvalue weighted by molar-refractivity contribution is -0.122. The van der Waals surface area contributed by atoms with E-state index in [1.54, 1.807) is 12.0 Å². The van der Waals surface area contributed by atoms with Crippen LogP contribution in [0.2, 0.25) is 0 Å². The summed E-state index contributed by atoms with van der Waals surface area (Å²) >= 11 is 1.43. The first-order valence-corrected chi connectivity index (χ1v) is 11.4. The number of aliphatic imine (C=N–C) groups is 1. The fraction of sp³-hybridized carbons (Fsp3) is 0.280. The van der Waals surface area contributed by atoms with Gasteiger partial charge < -0.3 is 9.30 Å². The first-order chi connectivity index (χ1) is 15.0. The Morgan fingerprint density at radius 2 is 1.87 bits per heavy atom. The Morgan fingerprint density at radius 3 is 2.55 bits per heavy atom. The summed E-state index contributed by atoms with van der Waals surface area (Å²) in [6, 6.07) is 16.3. The van der Waals surface area contributed by atoms with Crippen LogP contribution in [0.15, 0.2) is 64.6 Å². The normalized spacial score (nSPS) is 17.8. The highest BCUT2D eigenvalue weighted by Gasteiger charge is 2.32. The Labute approximate surface area is 187 Å². The number of fused-ring (bicyclic) bond motifs is 1. The maximum atomic E-state index is 13.1. The molecule has 0 unspecified atom stereocenters. The van der Waals surface area contributed by atoms with Crippen LogP contribution in [0.4, 0.5) is 5.69 Å². The predicted octanol–water partition coefficient (Wildman–Crippen LogP) is 6.24. The Balaban J connectivity index is 1.72. The minimum absolute atomic E-state index is 0.000123. The molecule has 0 saturated carbocycles. The largest absolute Gasteiger partial charge is 0.497 e. The predicted molar refractivity (Wildman–Crippen MR) is 130 cm³/mol. The molecule has 1 fully saturated rings. The number of thioether (sulfide) groups is 1. The average Bonchev–Trinajstić information content (AvgIpc) is 3.31. The van der Waals surface area contributed by atoms with Gasteiger partial charge in [-0.2, -0.15) is 0 Å². The molecule has 5 nitrogen and oxygen atoms in total. The van der Waals surface area contributed by atoms with E-state index in [0.29, 0.717) is 22.7 Å². The quantitative estimate of drug-likeness (QED) is 0.432. The lowest BCUT2D eigenvalue weighted by Crippen LogP contribution is -2.28. The molecule has 6 heteroatoms. The summed E-state index contributed by atoms with van der Waals surface area (Å²) in [6.45, 7) is 6.96. The van der Waals surface area contributed by atoms with E-state index in [-0.39, 0.29) is 5.91 Å². The molecule has 4 rings (SSSR count). The number of ether oxygens (including phenoxy) is 1. The van der Waals surface area contributed by atoms with Crippen LogP contribution in [0.25, 0.3) is 17.0 Å². The first-order valence-electron chi connectivity index (χ1n) is 10.6. The molecular formula is C25H27N3O2S. The van der Waals surface area contributed by atoms with Crippen LogP contribution >= 0.6 is 11.8 Å². The molecule has 0 spiro atoms. The van der Waals surface area contributed by atoms with Crippen molar-refractivity contribution >= 4 is 45.5 Å². The molecule has 3 aromatic rings. The topological polar surface area (TPSA) is 46.8 Å². The molecule has 1 amide bonds. The number of benzene rings is 2. The zero-order valence-electron chi connectivity index (χ0n) is 18.3. The molecule has 160 valence electrons. The SMILES string of the molecule is CC[C@H](C)n1cc(/C=C2/SC(=Nc3ccc(OC)cc3)N(CC)C2=O)c2ccccc21. The molecule has 2 aromatic carbocycles. The third kappa shape index (κ3) is 4.12. The molecule has 1 aromatic heterocycles. The number of likely N-dealkylation sites (N-methyl/N-ethyl adjacent to an activating group) is 1. The van der Waals surface area contributed by atoms with E-state index in [0.717, 1.165) is 28.8 Å². The minimum Gasteiger partial charge on any atom is -0.497 e. The Bertz CT molecular complexity index is 1160. The number of hydrogen-bond donors (Lipinski definition) is 0. The number of carbonyl (C=O) groups excluding carboxylic acids is 1.